The van der Waals surface area contributed by atoms with Gasteiger partial charge in [0.05, 0.1) is 0 Å². The van der Waals surface area contributed by atoms with E-state index in [4.69, 9.17) is 4.74 Å². The van der Waals surface area contributed by atoms with Crippen LogP contribution in [-0.4, -0.2) is 50.3 Å². The summed E-state index contributed by atoms with van der Waals surface area (Å²) in [4.78, 5) is 2.67. The van der Waals surface area contributed by atoms with Crippen molar-refractivity contribution in [1.82, 2.24) is 10.2 Å². The maximum absolute atomic E-state index is 5.51. The Balaban J connectivity index is 1.36. The van der Waals surface area contributed by atoms with Crippen molar-refractivity contribution in [2.45, 2.75) is 51.0 Å². The van der Waals surface area contributed by atoms with Gasteiger partial charge in [0.15, 0.2) is 0 Å². The molecule has 0 amide bonds. The highest BCUT2D eigenvalue weighted by Gasteiger charge is 2.38. The Hall–Kier alpha value is -0.120. The van der Waals surface area contributed by atoms with Gasteiger partial charge in [-0.3, -0.25) is 0 Å². The topological polar surface area (TPSA) is 24.5 Å². The molecular formula is C15H28N2O. The highest BCUT2D eigenvalue weighted by molar-refractivity contribution is 4.91. The van der Waals surface area contributed by atoms with E-state index in [1.165, 1.54) is 71.1 Å². The van der Waals surface area contributed by atoms with Gasteiger partial charge in [-0.2, -0.15) is 0 Å². The van der Waals surface area contributed by atoms with E-state index in [1.807, 2.05) is 0 Å². The summed E-state index contributed by atoms with van der Waals surface area (Å²) in [6.45, 7) is 7.06. The van der Waals surface area contributed by atoms with Gasteiger partial charge in [-0.25, -0.2) is 0 Å². The molecule has 18 heavy (non-hydrogen) atoms. The van der Waals surface area contributed by atoms with Crippen molar-refractivity contribution in [3.05, 3.63) is 0 Å². The molecule has 104 valence electrons. The third kappa shape index (κ3) is 3.06. The van der Waals surface area contributed by atoms with Gasteiger partial charge in [0, 0.05) is 38.9 Å². The zero-order valence-electron chi connectivity index (χ0n) is 11.6. The molecule has 2 aliphatic heterocycles. The lowest BCUT2D eigenvalue weighted by Gasteiger charge is -2.33. The first-order chi connectivity index (χ1) is 8.86. The van der Waals surface area contributed by atoms with Crippen molar-refractivity contribution in [2.24, 2.45) is 5.41 Å². The van der Waals surface area contributed by atoms with Gasteiger partial charge < -0.3 is 15.0 Å². The fourth-order valence-corrected chi connectivity index (χ4v) is 3.99. The van der Waals surface area contributed by atoms with Crippen LogP contribution < -0.4 is 5.32 Å². The molecule has 0 unspecified atom stereocenters. The van der Waals surface area contributed by atoms with E-state index in [-0.39, 0.29) is 0 Å². The predicted molar refractivity (Wildman–Crippen MR) is 73.8 cm³/mol. The molecule has 2 saturated heterocycles. The molecule has 3 rings (SSSR count). The van der Waals surface area contributed by atoms with E-state index in [2.05, 4.69) is 10.2 Å². The minimum Gasteiger partial charge on any atom is -0.381 e. The van der Waals surface area contributed by atoms with Crippen LogP contribution in [0, 0.1) is 5.41 Å². The molecule has 3 fully saturated rings. The summed E-state index contributed by atoms with van der Waals surface area (Å²) in [6, 6.07) is 0.824. The van der Waals surface area contributed by atoms with Gasteiger partial charge in [0.1, 0.15) is 0 Å². The molecule has 3 aliphatic rings. The third-order valence-corrected chi connectivity index (χ3v) is 5.29. The van der Waals surface area contributed by atoms with E-state index in [0.717, 1.165) is 19.3 Å². The lowest BCUT2D eigenvalue weighted by Crippen LogP contribution is -2.37. The normalized spacial score (nSPS) is 29.3. The van der Waals surface area contributed by atoms with E-state index in [9.17, 15) is 0 Å². The first-order valence-electron chi connectivity index (χ1n) is 7.90. The highest BCUT2D eigenvalue weighted by Crippen LogP contribution is 2.39. The van der Waals surface area contributed by atoms with E-state index >= 15 is 0 Å². The van der Waals surface area contributed by atoms with Crippen LogP contribution in [0.1, 0.15) is 44.9 Å². The van der Waals surface area contributed by atoms with Crippen molar-refractivity contribution in [3.8, 4) is 0 Å². The smallest absolute Gasteiger partial charge is 0.0471 e. The second kappa shape index (κ2) is 5.89. The minimum absolute atomic E-state index is 0.617. The number of hydrogen-bond donors (Lipinski definition) is 1. The minimum atomic E-state index is 0.617. The van der Waals surface area contributed by atoms with Crippen molar-refractivity contribution in [1.29, 1.82) is 0 Å². The van der Waals surface area contributed by atoms with Gasteiger partial charge in [-0.05, 0) is 44.1 Å². The maximum atomic E-state index is 5.51. The summed E-state index contributed by atoms with van der Waals surface area (Å²) in [7, 11) is 0. The summed E-state index contributed by atoms with van der Waals surface area (Å²) in [6.07, 6.45) is 9.66. The zero-order chi connectivity index (χ0) is 12.3. The molecule has 0 aromatic heterocycles. The Morgan fingerprint density at radius 2 is 1.89 bits per heavy atom. The van der Waals surface area contributed by atoms with Crippen LogP contribution in [0.3, 0.4) is 0 Å². The van der Waals surface area contributed by atoms with Gasteiger partial charge >= 0.3 is 0 Å². The van der Waals surface area contributed by atoms with Crippen molar-refractivity contribution < 1.29 is 4.74 Å². The Morgan fingerprint density at radius 1 is 1.11 bits per heavy atom. The molecule has 0 atom stereocenters. The average Bonchev–Trinajstić information content (AvgIpc) is 3.02. The molecule has 1 N–H and O–H groups in total. The summed E-state index contributed by atoms with van der Waals surface area (Å²) >= 11 is 0. The zero-order valence-corrected chi connectivity index (χ0v) is 11.6. The van der Waals surface area contributed by atoms with Gasteiger partial charge in [-0.15, -0.1) is 0 Å². The second-order valence-electron chi connectivity index (χ2n) is 6.57. The third-order valence-electron chi connectivity index (χ3n) is 5.29. The first-order valence-corrected chi connectivity index (χ1v) is 7.90. The Bertz CT molecular complexity index is 257. The molecule has 0 bridgehead atoms. The highest BCUT2D eigenvalue weighted by atomic mass is 16.5. The molecule has 0 radical (unpaired) electrons. The van der Waals surface area contributed by atoms with Crippen LogP contribution in [0.5, 0.6) is 0 Å². The van der Waals surface area contributed by atoms with E-state index in [0.29, 0.717) is 5.41 Å². The number of likely N-dealkylation sites (tertiary alicyclic amines) is 1. The second-order valence-corrected chi connectivity index (χ2v) is 6.57. The fourth-order valence-electron chi connectivity index (χ4n) is 3.99. The summed E-state index contributed by atoms with van der Waals surface area (Å²) in [5.74, 6) is 0. The largest absolute Gasteiger partial charge is 0.381 e. The maximum Gasteiger partial charge on any atom is 0.0471 e. The first kappa shape index (κ1) is 12.9. The van der Waals surface area contributed by atoms with Crippen molar-refractivity contribution in [2.75, 3.05) is 39.4 Å². The Morgan fingerprint density at radius 3 is 2.67 bits per heavy atom. The number of nitrogens with zero attached hydrogens (tertiary/aromatic N) is 1. The van der Waals surface area contributed by atoms with Gasteiger partial charge in [-0.1, -0.05) is 12.8 Å². The molecule has 3 nitrogen and oxygen atoms in total. The summed E-state index contributed by atoms with van der Waals surface area (Å²) < 4.78 is 5.51. The van der Waals surface area contributed by atoms with E-state index in [1.54, 1.807) is 0 Å². The van der Waals surface area contributed by atoms with Crippen LogP contribution in [0.25, 0.3) is 0 Å². The summed E-state index contributed by atoms with van der Waals surface area (Å²) in [5.41, 5.74) is 0.617. The SMILES string of the molecule is C1CCC(NCCN2CCC3(CCOCC3)C2)C1. The van der Waals surface area contributed by atoms with Crippen LogP contribution in [-0.2, 0) is 4.74 Å². The van der Waals surface area contributed by atoms with Crippen molar-refractivity contribution >= 4 is 0 Å². The molecule has 1 aliphatic carbocycles. The molecule has 3 heteroatoms. The van der Waals surface area contributed by atoms with Crippen LogP contribution >= 0.6 is 0 Å². The quantitative estimate of drug-likeness (QED) is 0.828. The van der Waals surface area contributed by atoms with Gasteiger partial charge in [0.25, 0.3) is 0 Å². The predicted octanol–water partition coefficient (Wildman–Crippen LogP) is 2.02. The van der Waals surface area contributed by atoms with Crippen LogP contribution in [0.15, 0.2) is 0 Å². The molecule has 1 saturated carbocycles. The van der Waals surface area contributed by atoms with Crippen LogP contribution in [0.4, 0.5) is 0 Å². The lowest BCUT2D eigenvalue weighted by atomic mass is 9.80. The Labute approximate surface area is 111 Å². The number of nitrogens with one attached hydrogen (secondary N) is 1. The van der Waals surface area contributed by atoms with Crippen molar-refractivity contribution in [3.63, 3.8) is 0 Å². The van der Waals surface area contributed by atoms with Gasteiger partial charge in [0.2, 0.25) is 0 Å². The molecule has 0 aromatic carbocycles. The number of hydrogen-bond acceptors (Lipinski definition) is 3. The van der Waals surface area contributed by atoms with E-state index < -0.39 is 0 Å². The Kier molecular flexibility index (Phi) is 4.22. The number of rotatable bonds is 4. The molecular weight excluding hydrogens is 224 g/mol. The fraction of sp³-hybridized carbons (Fsp3) is 1.00. The lowest BCUT2D eigenvalue weighted by molar-refractivity contribution is 0.0194. The molecule has 0 aromatic rings. The average molecular weight is 252 g/mol. The van der Waals surface area contributed by atoms with Crippen LogP contribution in [0.2, 0.25) is 0 Å². The summed E-state index contributed by atoms with van der Waals surface area (Å²) in [5, 5.41) is 3.73. The number of ether oxygens (including phenoxy) is 1. The monoisotopic (exact) mass is 252 g/mol. The standard InChI is InChI=1S/C15H28N2O/c1-2-4-14(3-1)16-8-10-17-9-5-15(13-17)6-11-18-12-7-15/h14,16H,1-13H2. The molecule has 1 spiro atoms. The molecule has 2 heterocycles.